The van der Waals surface area contributed by atoms with Gasteiger partial charge in [-0.2, -0.15) is 13.2 Å². The molecule has 0 amide bonds. The number of aromatic nitrogens is 9. The molecule has 7 rings (SSSR count). The number of hydrogen-bond donors (Lipinski definition) is 2. The number of rotatable bonds is 3. The SMILES string of the molecule is Cc1cc(-c2c(-c3ccc(F)cc3F)nc(N)n3cnnc23)cc(C(F)(F)F)n1.Nc1nc(-c2ccc(F)cc2F)c(Br)c2nncn12. The number of halogens is 8. The van der Waals surface area contributed by atoms with Gasteiger partial charge in [-0.1, -0.05) is 0 Å². The Morgan fingerprint density at radius 2 is 1.21 bits per heavy atom. The summed E-state index contributed by atoms with van der Waals surface area (Å²) in [6.45, 7) is 1.39. The number of alkyl halides is 3. The molecule has 0 radical (unpaired) electrons. The van der Waals surface area contributed by atoms with Crippen molar-refractivity contribution in [1.82, 2.24) is 44.1 Å². The zero-order valence-corrected chi connectivity index (χ0v) is 25.6. The summed E-state index contributed by atoms with van der Waals surface area (Å²) in [6, 6.07) is 8.19. The molecular formula is C29H17BrF7N11. The van der Waals surface area contributed by atoms with Crippen LogP contribution in [0.15, 0.2) is 65.7 Å². The van der Waals surface area contributed by atoms with E-state index in [9.17, 15) is 30.7 Å². The normalized spacial score (nSPS) is 11.6. The van der Waals surface area contributed by atoms with Gasteiger partial charge < -0.3 is 11.5 Å². The predicted molar refractivity (Wildman–Crippen MR) is 162 cm³/mol. The van der Waals surface area contributed by atoms with Crippen molar-refractivity contribution in [2.45, 2.75) is 13.1 Å². The van der Waals surface area contributed by atoms with Gasteiger partial charge in [0, 0.05) is 29.0 Å². The lowest BCUT2D eigenvalue weighted by atomic mass is 9.99. The van der Waals surface area contributed by atoms with Crippen molar-refractivity contribution in [2.75, 3.05) is 11.5 Å². The highest BCUT2D eigenvalue weighted by molar-refractivity contribution is 9.10. The lowest BCUT2D eigenvalue weighted by molar-refractivity contribution is -0.141. The number of benzene rings is 2. The minimum absolute atomic E-state index is 0.0362. The quantitative estimate of drug-likeness (QED) is 0.195. The molecule has 48 heavy (non-hydrogen) atoms. The summed E-state index contributed by atoms with van der Waals surface area (Å²) in [7, 11) is 0. The molecule has 0 bridgehead atoms. The van der Waals surface area contributed by atoms with Crippen LogP contribution in [0.1, 0.15) is 11.4 Å². The maximum Gasteiger partial charge on any atom is 0.433 e. The number of nitrogens with zero attached hydrogens (tertiary/aromatic N) is 9. The summed E-state index contributed by atoms with van der Waals surface area (Å²) < 4.78 is 97.5. The standard InChI is InChI=1S/C18H11F5N6.C11H6BrF2N5/c1-8-4-9(5-13(26-8)18(21,22)23)14-15(11-3-2-10(19)6-12(11)20)27-17(24)29-7-25-28-16(14)29;12-8-9(6-2-1-5(13)3-7(6)14)17-11(15)19-4-16-18-10(8)19/h2-7H,1H3,(H2,24,27);1-4H,(H2,15,17). The number of fused-ring (bicyclic) bond motifs is 2. The molecule has 11 nitrogen and oxygen atoms in total. The molecular weight excluding hydrogens is 715 g/mol. The van der Waals surface area contributed by atoms with Crippen LogP contribution in [0, 0.1) is 30.2 Å². The van der Waals surface area contributed by atoms with Gasteiger partial charge in [0.15, 0.2) is 11.3 Å². The topological polar surface area (TPSA) is 151 Å². The average molecular weight is 732 g/mol. The molecule has 244 valence electrons. The Bertz CT molecular complexity index is 2360. The Hall–Kier alpha value is -5.72. The fraction of sp³-hybridized carbons (Fsp3) is 0.0690. The van der Waals surface area contributed by atoms with Gasteiger partial charge in [-0.05, 0) is 64.8 Å². The summed E-state index contributed by atoms with van der Waals surface area (Å²) in [5, 5.41) is 15.2. The van der Waals surface area contributed by atoms with Crippen molar-refractivity contribution in [1.29, 1.82) is 0 Å². The number of nitrogens with two attached hydrogens (primary N) is 2. The van der Waals surface area contributed by atoms with Crippen molar-refractivity contribution >= 4 is 39.1 Å². The third-order valence-corrected chi connectivity index (χ3v) is 7.54. The highest BCUT2D eigenvalue weighted by Gasteiger charge is 2.34. The van der Waals surface area contributed by atoms with E-state index in [0.29, 0.717) is 16.2 Å². The van der Waals surface area contributed by atoms with Crippen LogP contribution in [-0.4, -0.2) is 44.1 Å². The van der Waals surface area contributed by atoms with E-state index in [4.69, 9.17) is 11.5 Å². The fourth-order valence-corrected chi connectivity index (χ4v) is 5.31. The minimum Gasteiger partial charge on any atom is -0.369 e. The third kappa shape index (κ3) is 5.94. The zero-order valence-electron chi connectivity index (χ0n) is 24.0. The summed E-state index contributed by atoms with van der Waals surface area (Å²) in [5.41, 5.74) is 11.3. The first kappa shape index (κ1) is 32.2. The average Bonchev–Trinajstić information content (AvgIpc) is 3.71. The number of nitrogen functional groups attached to an aromatic ring is 2. The zero-order chi connectivity index (χ0) is 34.5. The maximum absolute atomic E-state index is 14.5. The highest BCUT2D eigenvalue weighted by atomic mass is 79.9. The van der Waals surface area contributed by atoms with Crippen LogP contribution in [0.5, 0.6) is 0 Å². The number of pyridine rings is 1. The Morgan fingerprint density at radius 3 is 1.77 bits per heavy atom. The second-order valence-corrected chi connectivity index (χ2v) is 10.8. The highest BCUT2D eigenvalue weighted by Crippen LogP contribution is 2.38. The van der Waals surface area contributed by atoms with Crippen LogP contribution in [0.2, 0.25) is 0 Å². The van der Waals surface area contributed by atoms with Crippen molar-refractivity contribution < 1.29 is 30.7 Å². The lowest BCUT2D eigenvalue weighted by Gasteiger charge is -2.15. The Morgan fingerprint density at radius 1 is 0.688 bits per heavy atom. The molecule has 0 atom stereocenters. The van der Waals surface area contributed by atoms with Gasteiger partial charge in [-0.15, -0.1) is 20.4 Å². The van der Waals surface area contributed by atoms with Crippen LogP contribution in [-0.2, 0) is 6.18 Å². The van der Waals surface area contributed by atoms with Crippen LogP contribution in [0.25, 0.3) is 44.9 Å². The molecule has 0 unspecified atom stereocenters. The van der Waals surface area contributed by atoms with E-state index in [1.165, 1.54) is 40.5 Å². The molecule has 0 aliphatic heterocycles. The summed E-state index contributed by atoms with van der Waals surface area (Å²) in [4.78, 5) is 11.7. The summed E-state index contributed by atoms with van der Waals surface area (Å²) in [6.07, 6.45) is -2.08. The fourth-order valence-electron chi connectivity index (χ4n) is 4.74. The van der Waals surface area contributed by atoms with E-state index in [0.717, 1.165) is 30.3 Å². The van der Waals surface area contributed by atoms with Crippen LogP contribution < -0.4 is 11.5 Å². The smallest absolute Gasteiger partial charge is 0.369 e. The largest absolute Gasteiger partial charge is 0.433 e. The molecule has 7 aromatic rings. The van der Waals surface area contributed by atoms with E-state index in [1.807, 2.05) is 0 Å². The van der Waals surface area contributed by atoms with E-state index < -0.39 is 35.1 Å². The van der Waals surface area contributed by atoms with Gasteiger partial charge >= 0.3 is 6.18 Å². The van der Waals surface area contributed by atoms with Crippen molar-refractivity contribution in [2.24, 2.45) is 0 Å². The minimum atomic E-state index is -4.70. The maximum atomic E-state index is 14.5. The van der Waals surface area contributed by atoms with E-state index >= 15 is 0 Å². The van der Waals surface area contributed by atoms with E-state index in [1.54, 1.807) is 0 Å². The van der Waals surface area contributed by atoms with Crippen molar-refractivity contribution in [3.63, 3.8) is 0 Å². The number of hydrogen-bond acceptors (Lipinski definition) is 9. The summed E-state index contributed by atoms with van der Waals surface area (Å²) in [5.74, 6) is -3.16. The van der Waals surface area contributed by atoms with Crippen LogP contribution >= 0.6 is 15.9 Å². The Labute approximate surface area is 272 Å². The molecule has 4 N–H and O–H groups in total. The molecule has 0 saturated carbocycles. The monoisotopic (exact) mass is 731 g/mol. The molecule has 0 fully saturated rings. The number of anilines is 2. The molecule has 5 heterocycles. The molecule has 0 spiro atoms. The molecule has 0 aliphatic rings. The van der Waals surface area contributed by atoms with Gasteiger partial charge in [-0.3, -0.25) is 8.80 Å². The second-order valence-electron chi connectivity index (χ2n) is 10.0. The van der Waals surface area contributed by atoms with Gasteiger partial charge in [-0.25, -0.2) is 32.5 Å². The Balaban J connectivity index is 0.000000182. The third-order valence-electron chi connectivity index (χ3n) is 6.81. The number of aryl methyl sites for hydroxylation is 1. The van der Waals surface area contributed by atoms with Gasteiger partial charge in [0.1, 0.15) is 41.6 Å². The summed E-state index contributed by atoms with van der Waals surface area (Å²) >= 11 is 3.28. The van der Waals surface area contributed by atoms with Crippen LogP contribution in [0.3, 0.4) is 0 Å². The van der Waals surface area contributed by atoms with Gasteiger partial charge in [0.2, 0.25) is 11.9 Å². The van der Waals surface area contributed by atoms with E-state index in [2.05, 4.69) is 51.3 Å². The first-order chi connectivity index (χ1) is 22.7. The first-order valence-electron chi connectivity index (χ1n) is 13.3. The van der Waals surface area contributed by atoms with E-state index in [-0.39, 0.29) is 56.9 Å². The molecule has 2 aromatic carbocycles. The first-order valence-corrected chi connectivity index (χ1v) is 14.1. The van der Waals surface area contributed by atoms with Crippen molar-refractivity contribution in [3.8, 4) is 33.6 Å². The van der Waals surface area contributed by atoms with Gasteiger partial charge in [0.05, 0.1) is 21.4 Å². The molecule has 5 aromatic heterocycles. The van der Waals surface area contributed by atoms with Gasteiger partial charge in [0.25, 0.3) is 0 Å². The Kier molecular flexibility index (Phi) is 8.15. The molecule has 0 saturated heterocycles. The molecule has 0 aliphatic carbocycles. The lowest BCUT2D eigenvalue weighted by Crippen LogP contribution is -2.10. The second kappa shape index (κ2) is 12.1. The molecule has 19 heteroatoms. The predicted octanol–water partition coefficient (Wildman–Crippen LogP) is 6.46. The van der Waals surface area contributed by atoms with Crippen LogP contribution in [0.4, 0.5) is 42.6 Å². The van der Waals surface area contributed by atoms with Crippen molar-refractivity contribution in [3.05, 3.63) is 100 Å².